The zero-order valence-corrected chi connectivity index (χ0v) is 10.6. The molecule has 0 aromatic heterocycles. The molecule has 0 aliphatic carbocycles. The first-order chi connectivity index (χ1) is 8.15. The van der Waals surface area contributed by atoms with Crippen molar-refractivity contribution in [2.45, 2.75) is 6.61 Å². The van der Waals surface area contributed by atoms with E-state index in [1.165, 1.54) is 12.1 Å². The smallest absolute Gasteiger partial charge is 0.136 e. The number of halogens is 2. The fourth-order valence-corrected chi connectivity index (χ4v) is 1.79. The van der Waals surface area contributed by atoms with Gasteiger partial charge in [-0.05, 0) is 45.8 Å². The molecule has 4 heteroatoms. The number of nitrogens with two attached hydrogens (primary N) is 1. The highest BCUT2D eigenvalue weighted by Gasteiger charge is 2.03. The average molecular weight is 296 g/mol. The van der Waals surface area contributed by atoms with E-state index >= 15 is 0 Å². The lowest BCUT2D eigenvalue weighted by molar-refractivity contribution is 0.302. The van der Waals surface area contributed by atoms with Crippen LogP contribution in [0.3, 0.4) is 0 Å². The third-order valence-electron chi connectivity index (χ3n) is 2.24. The minimum atomic E-state index is -0.323. The molecule has 0 amide bonds. The lowest BCUT2D eigenvalue weighted by atomic mass is 10.2. The fourth-order valence-electron chi connectivity index (χ4n) is 1.43. The first-order valence-corrected chi connectivity index (χ1v) is 5.87. The van der Waals surface area contributed by atoms with Gasteiger partial charge < -0.3 is 10.5 Å². The Bertz CT molecular complexity index is 531. The van der Waals surface area contributed by atoms with Gasteiger partial charge in [0.2, 0.25) is 0 Å². The summed E-state index contributed by atoms with van der Waals surface area (Å²) < 4.78 is 19.3. The normalized spacial score (nSPS) is 10.2. The summed E-state index contributed by atoms with van der Waals surface area (Å²) in [5, 5.41) is 0. The molecule has 2 rings (SSSR count). The molecule has 0 atom stereocenters. The van der Waals surface area contributed by atoms with Crippen molar-refractivity contribution in [1.29, 1.82) is 0 Å². The van der Waals surface area contributed by atoms with Crippen molar-refractivity contribution in [3.05, 3.63) is 58.3 Å². The molecule has 0 aliphatic rings. The number of rotatable bonds is 3. The standard InChI is InChI=1S/C13H11BrFNO/c14-12-5-4-10(15)7-13(12)17-8-9-2-1-3-11(16)6-9/h1-7H,8,16H2. The van der Waals surface area contributed by atoms with Crippen LogP contribution in [0.15, 0.2) is 46.9 Å². The maximum atomic E-state index is 13.0. The molecule has 0 saturated carbocycles. The Morgan fingerprint density at radius 2 is 2.00 bits per heavy atom. The van der Waals surface area contributed by atoms with E-state index in [1.807, 2.05) is 24.3 Å². The number of hydrogen-bond donors (Lipinski definition) is 1. The highest BCUT2D eigenvalue weighted by atomic mass is 79.9. The molecule has 2 aromatic carbocycles. The van der Waals surface area contributed by atoms with Crippen molar-refractivity contribution in [2.24, 2.45) is 0 Å². The van der Waals surface area contributed by atoms with E-state index in [2.05, 4.69) is 15.9 Å². The zero-order valence-electron chi connectivity index (χ0n) is 8.99. The molecule has 2 aromatic rings. The quantitative estimate of drug-likeness (QED) is 0.875. The van der Waals surface area contributed by atoms with Crippen molar-refractivity contribution >= 4 is 21.6 Å². The first-order valence-electron chi connectivity index (χ1n) is 5.07. The van der Waals surface area contributed by atoms with Gasteiger partial charge in [0.05, 0.1) is 4.47 Å². The van der Waals surface area contributed by atoms with Gasteiger partial charge in [-0.3, -0.25) is 0 Å². The average Bonchev–Trinajstić information content (AvgIpc) is 2.30. The first kappa shape index (κ1) is 11.9. The fraction of sp³-hybridized carbons (Fsp3) is 0.0769. The lowest BCUT2D eigenvalue weighted by Crippen LogP contribution is -1.97. The van der Waals surface area contributed by atoms with Crippen LogP contribution in [0.4, 0.5) is 10.1 Å². The summed E-state index contributed by atoms with van der Waals surface area (Å²) in [6.45, 7) is 0.354. The predicted octanol–water partition coefficient (Wildman–Crippen LogP) is 3.75. The molecular weight excluding hydrogens is 285 g/mol. The lowest BCUT2D eigenvalue weighted by Gasteiger charge is -2.08. The van der Waals surface area contributed by atoms with Crippen LogP contribution in [0, 0.1) is 5.82 Å². The molecule has 0 unspecified atom stereocenters. The minimum Gasteiger partial charge on any atom is -0.488 e. The van der Waals surface area contributed by atoms with Gasteiger partial charge in [0.15, 0.2) is 0 Å². The highest BCUT2D eigenvalue weighted by molar-refractivity contribution is 9.10. The number of nitrogen functional groups attached to an aromatic ring is 1. The van der Waals surface area contributed by atoms with Crippen molar-refractivity contribution in [2.75, 3.05) is 5.73 Å². The SMILES string of the molecule is Nc1cccc(COc2cc(F)ccc2Br)c1. The monoisotopic (exact) mass is 295 g/mol. The topological polar surface area (TPSA) is 35.2 Å². The molecule has 88 valence electrons. The van der Waals surface area contributed by atoms with E-state index in [0.29, 0.717) is 18.0 Å². The maximum absolute atomic E-state index is 13.0. The van der Waals surface area contributed by atoms with Crippen molar-refractivity contribution in [1.82, 2.24) is 0 Å². The molecule has 0 fully saturated rings. The minimum absolute atomic E-state index is 0.323. The number of ether oxygens (including phenoxy) is 1. The second-order valence-corrected chi connectivity index (χ2v) is 4.46. The van der Waals surface area contributed by atoms with E-state index in [0.717, 1.165) is 10.0 Å². The van der Waals surface area contributed by atoms with Gasteiger partial charge in [0, 0.05) is 11.8 Å². The Morgan fingerprint density at radius 3 is 2.76 bits per heavy atom. The molecule has 2 N–H and O–H groups in total. The molecule has 0 heterocycles. The van der Waals surface area contributed by atoms with E-state index in [1.54, 1.807) is 6.07 Å². The number of anilines is 1. The third kappa shape index (κ3) is 3.20. The van der Waals surface area contributed by atoms with Crippen LogP contribution in [0.5, 0.6) is 5.75 Å². The largest absolute Gasteiger partial charge is 0.488 e. The van der Waals surface area contributed by atoms with Crippen molar-refractivity contribution < 1.29 is 9.13 Å². The van der Waals surface area contributed by atoms with E-state index in [9.17, 15) is 4.39 Å². The molecule has 0 aliphatic heterocycles. The van der Waals surface area contributed by atoms with Gasteiger partial charge in [-0.25, -0.2) is 4.39 Å². The second kappa shape index (κ2) is 5.19. The zero-order chi connectivity index (χ0) is 12.3. The molecular formula is C13H11BrFNO. The molecule has 0 radical (unpaired) electrons. The van der Waals surface area contributed by atoms with Gasteiger partial charge >= 0.3 is 0 Å². The summed E-state index contributed by atoms with van der Waals surface area (Å²) in [6, 6.07) is 11.7. The van der Waals surface area contributed by atoms with Gasteiger partial charge in [-0.15, -0.1) is 0 Å². The Labute approximate surface area is 107 Å². The van der Waals surface area contributed by atoms with E-state index < -0.39 is 0 Å². The van der Waals surface area contributed by atoms with Crippen LogP contribution in [0.2, 0.25) is 0 Å². The van der Waals surface area contributed by atoms with Crippen LogP contribution >= 0.6 is 15.9 Å². The third-order valence-corrected chi connectivity index (χ3v) is 2.89. The van der Waals surface area contributed by atoms with Gasteiger partial charge in [0.1, 0.15) is 18.2 Å². The molecule has 17 heavy (non-hydrogen) atoms. The predicted molar refractivity (Wildman–Crippen MR) is 69.3 cm³/mol. The molecule has 0 saturated heterocycles. The van der Waals surface area contributed by atoms with Gasteiger partial charge in [-0.1, -0.05) is 12.1 Å². The maximum Gasteiger partial charge on any atom is 0.136 e. The van der Waals surface area contributed by atoms with Crippen molar-refractivity contribution in [3.8, 4) is 5.75 Å². The summed E-state index contributed by atoms with van der Waals surface area (Å²) in [4.78, 5) is 0. The summed E-state index contributed by atoms with van der Waals surface area (Å²) in [5.41, 5.74) is 7.29. The summed E-state index contributed by atoms with van der Waals surface area (Å²) in [5.74, 6) is 0.156. The van der Waals surface area contributed by atoms with Crippen LogP contribution in [0.25, 0.3) is 0 Å². The summed E-state index contributed by atoms with van der Waals surface area (Å²) in [6.07, 6.45) is 0. The molecule has 0 bridgehead atoms. The molecule has 0 spiro atoms. The number of hydrogen-bond acceptors (Lipinski definition) is 2. The Kier molecular flexibility index (Phi) is 3.64. The Morgan fingerprint density at radius 1 is 1.18 bits per heavy atom. The van der Waals surface area contributed by atoms with Crippen LogP contribution in [0.1, 0.15) is 5.56 Å². The van der Waals surface area contributed by atoms with E-state index in [-0.39, 0.29) is 5.82 Å². The van der Waals surface area contributed by atoms with E-state index in [4.69, 9.17) is 10.5 Å². The van der Waals surface area contributed by atoms with Crippen LogP contribution in [-0.2, 0) is 6.61 Å². The number of benzene rings is 2. The summed E-state index contributed by atoms with van der Waals surface area (Å²) >= 11 is 3.30. The highest BCUT2D eigenvalue weighted by Crippen LogP contribution is 2.26. The molecule has 2 nitrogen and oxygen atoms in total. The van der Waals surface area contributed by atoms with Crippen LogP contribution in [-0.4, -0.2) is 0 Å². The van der Waals surface area contributed by atoms with Gasteiger partial charge in [0.25, 0.3) is 0 Å². The van der Waals surface area contributed by atoms with Crippen LogP contribution < -0.4 is 10.5 Å². The summed E-state index contributed by atoms with van der Waals surface area (Å²) in [7, 11) is 0. The van der Waals surface area contributed by atoms with Gasteiger partial charge in [-0.2, -0.15) is 0 Å². The Balaban J connectivity index is 2.09. The second-order valence-electron chi connectivity index (χ2n) is 3.61. The van der Waals surface area contributed by atoms with Crippen molar-refractivity contribution in [3.63, 3.8) is 0 Å². The Hall–Kier alpha value is -1.55.